The summed E-state index contributed by atoms with van der Waals surface area (Å²) in [6, 6.07) is 4.47. The third-order valence-corrected chi connectivity index (χ3v) is 7.87. The summed E-state index contributed by atoms with van der Waals surface area (Å²) >= 11 is 16.5. The van der Waals surface area contributed by atoms with Crippen LogP contribution in [0.15, 0.2) is 60.7 Å². The molecule has 11 nitrogen and oxygen atoms in total. The molecule has 6 amide bonds. The van der Waals surface area contributed by atoms with Gasteiger partial charge in [-0.1, -0.05) is 46.9 Å². The Morgan fingerprint density at radius 1 is 0.585 bits per heavy atom. The Hall–Kier alpha value is -6.00. The molecule has 0 fully saturated rings. The second-order valence-electron chi connectivity index (χ2n) is 11.6. The Bertz CT molecular complexity index is 2410. The number of carbonyl (C=O) groups excluding carboxylic acids is 4. The van der Waals surface area contributed by atoms with Gasteiger partial charge in [0.2, 0.25) is 0 Å². The van der Waals surface area contributed by atoms with E-state index in [2.05, 4.69) is 14.2 Å². The maximum Gasteiger partial charge on any atom is 0.525 e. The average Bonchev–Trinajstić information content (AvgIpc) is 3.15. The molecule has 0 bridgehead atoms. The lowest BCUT2D eigenvalue weighted by Gasteiger charge is -2.24. The fourth-order valence-corrected chi connectivity index (χ4v) is 5.01. The van der Waals surface area contributed by atoms with Crippen LogP contribution in [-0.4, -0.2) is 61.2 Å². The summed E-state index contributed by atoms with van der Waals surface area (Å²) in [6.45, 7) is 0. The molecule has 0 heterocycles. The number of benzene rings is 4. The van der Waals surface area contributed by atoms with E-state index in [1.165, 1.54) is 5.32 Å². The average molecular weight is 1020 g/mol. The van der Waals surface area contributed by atoms with Gasteiger partial charge in [-0.3, -0.25) is 20.2 Å². The molecule has 65 heavy (non-hydrogen) atoms. The largest absolute Gasteiger partial charge is 0.525 e. The van der Waals surface area contributed by atoms with Gasteiger partial charge in [0.15, 0.2) is 11.6 Å². The normalized spacial score (nSPS) is 12.8. The zero-order chi connectivity index (χ0) is 49.6. The minimum atomic E-state index is -6.05. The van der Waals surface area contributed by atoms with Crippen LogP contribution in [0.25, 0.3) is 0 Å². The van der Waals surface area contributed by atoms with Crippen LogP contribution in [0.4, 0.5) is 95.6 Å². The van der Waals surface area contributed by atoms with Gasteiger partial charge in [-0.2, -0.15) is 30.7 Å². The molecule has 0 aliphatic carbocycles. The van der Waals surface area contributed by atoms with Crippen LogP contribution in [0, 0.1) is 29.1 Å². The molecule has 0 spiro atoms. The van der Waals surface area contributed by atoms with Gasteiger partial charge < -0.3 is 20.1 Å². The quantitative estimate of drug-likeness (QED) is 0.0865. The smallest absolute Gasteiger partial charge is 0.427 e. The topological polar surface area (TPSA) is 144 Å². The molecule has 0 radical (unpaired) electrons. The van der Waals surface area contributed by atoms with Crippen molar-refractivity contribution in [2.75, 3.05) is 10.6 Å². The fraction of sp³-hybridized carbons (Fsp3) is 0.176. The predicted octanol–water partition coefficient (Wildman–Crippen LogP) is 11.6. The molecule has 4 N–H and O–H groups in total. The van der Waals surface area contributed by atoms with Crippen LogP contribution >= 0.6 is 34.8 Å². The molecule has 4 aromatic carbocycles. The van der Waals surface area contributed by atoms with Crippen molar-refractivity contribution < 1.29 is 108 Å². The van der Waals surface area contributed by atoms with Crippen LogP contribution in [0.2, 0.25) is 15.1 Å². The van der Waals surface area contributed by atoms with Crippen molar-refractivity contribution in [3.63, 3.8) is 0 Å². The lowest BCUT2D eigenvalue weighted by atomic mass is 10.2. The van der Waals surface area contributed by atoms with Crippen molar-refractivity contribution in [2.24, 2.45) is 0 Å². The molecule has 0 aliphatic rings. The summed E-state index contributed by atoms with van der Waals surface area (Å²) in [5.41, 5.74) is -3.50. The highest BCUT2D eigenvalue weighted by Crippen LogP contribution is 2.44. The summed E-state index contributed by atoms with van der Waals surface area (Å²) in [6.07, 6.45) is -31.5. The van der Waals surface area contributed by atoms with Gasteiger partial charge in [0, 0.05) is 5.69 Å². The highest BCUT2D eigenvalue weighted by Gasteiger charge is 2.60. The summed E-state index contributed by atoms with van der Waals surface area (Å²) in [5, 5.41) is 3.31. The summed E-state index contributed by atoms with van der Waals surface area (Å²) in [5.74, 6) is -12.6. The first-order valence-corrected chi connectivity index (χ1v) is 17.2. The number of halogens is 20. The monoisotopic (exact) mass is 1020 g/mol. The zero-order valence-electron chi connectivity index (χ0n) is 30.3. The van der Waals surface area contributed by atoms with Crippen LogP contribution in [0.3, 0.4) is 0 Å². The van der Waals surface area contributed by atoms with E-state index in [0.717, 1.165) is 36.4 Å². The van der Waals surface area contributed by atoms with Gasteiger partial charge in [-0.25, -0.2) is 45.1 Å². The SMILES string of the molecule is O=C(NC(=O)c1c(F)cccc1F)Nc1cc(Cl)c(OC(F)(F)C(F)C(F)(F)F)c(Cl)c1F.O=C(NC(=O)c1c(F)cccc1F)Nc1ccc(OC(F)(F)C(F)OC(F)(F)F)c(Cl)c1. The van der Waals surface area contributed by atoms with Crippen molar-refractivity contribution >= 4 is 70.1 Å². The Labute approximate surface area is 363 Å². The molecule has 0 saturated heterocycles. The van der Waals surface area contributed by atoms with Crippen LogP contribution in [0.5, 0.6) is 11.5 Å². The van der Waals surface area contributed by atoms with Crippen LogP contribution in [0.1, 0.15) is 20.7 Å². The minimum absolute atomic E-state index is 0.270. The predicted molar refractivity (Wildman–Crippen MR) is 188 cm³/mol. The maximum atomic E-state index is 14.3. The van der Waals surface area contributed by atoms with E-state index in [0.29, 0.717) is 24.3 Å². The van der Waals surface area contributed by atoms with Crippen molar-refractivity contribution in [3.8, 4) is 11.5 Å². The number of alkyl halides is 12. The molecular formula is C34H16Cl3F17N4O7. The number of nitrogens with one attached hydrogen (secondary N) is 4. The molecule has 0 aliphatic heterocycles. The molecule has 0 aromatic heterocycles. The highest BCUT2D eigenvalue weighted by atomic mass is 35.5. The third-order valence-electron chi connectivity index (χ3n) is 6.96. The Morgan fingerprint density at radius 2 is 1.05 bits per heavy atom. The van der Waals surface area contributed by atoms with E-state index in [-0.39, 0.29) is 5.69 Å². The standard InChI is InChI=1S/C17H7Cl2F9N2O3.C17H9ClF8N2O4/c18-5-4-8(29-15(32)30-13(31)9-6(20)2-1-3-7(9)21)11(22)10(19)12(5)33-17(27,28)14(23)16(24,25)26;18-8-6-7(4-5-11(8)31-16(22,23)14(21)32-17(24,25)26)27-15(30)28-13(29)12-9(19)2-1-3-10(12)20/h1-4,14H,(H2,29,30,31,32);1-6,14H,(H2,27,28,29,30). The second-order valence-corrected chi connectivity index (χ2v) is 12.8. The minimum Gasteiger partial charge on any atom is -0.427 e. The lowest BCUT2D eigenvalue weighted by molar-refractivity contribution is -0.411. The fourth-order valence-electron chi connectivity index (χ4n) is 4.26. The number of hydrogen-bond acceptors (Lipinski definition) is 7. The zero-order valence-corrected chi connectivity index (χ0v) is 32.6. The van der Waals surface area contributed by atoms with Gasteiger partial charge in [0.1, 0.15) is 45.2 Å². The molecule has 2 unspecified atom stereocenters. The second kappa shape index (κ2) is 20.9. The number of imide groups is 2. The number of ether oxygens (including phenoxy) is 3. The molecule has 31 heteroatoms. The van der Waals surface area contributed by atoms with Crippen molar-refractivity contribution in [1.82, 2.24) is 10.6 Å². The molecular weight excluding hydrogens is 1010 g/mol. The van der Waals surface area contributed by atoms with Crippen molar-refractivity contribution in [2.45, 2.75) is 37.3 Å². The van der Waals surface area contributed by atoms with Gasteiger partial charge >= 0.3 is 43.2 Å². The number of hydrogen-bond donors (Lipinski definition) is 4. The highest BCUT2D eigenvalue weighted by molar-refractivity contribution is 6.38. The molecule has 4 aromatic rings. The van der Waals surface area contributed by atoms with Gasteiger partial charge in [-0.15, -0.1) is 13.2 Å². The van der Waals surface area contributed by atoms with E-state index >= 15 is 0 Å². The number of rotatable bonds is 11. The van der Waals surface area contributed by atoms with Gasteiger partial charge in [-0.05, 0) is 48.5 Å². The molecule has 0 saturated carbocycles. The maximum absolute atomic E-state index is 14.3. The third kappa shape index (κ3) is 14.5. The first-order chi connectivity index (χ1) is 29.7. The Kier molecular flexibility index (Phi) is 17.1. The Balaban J connectivity index is 0.000000345. The number of amides is 6. The van der Waals surface area contributed by atoms with Crippen molar-refractivity contribution in [3.05, 3.63) is 116 Å². The van der Waals surface area contributed by atoms with Crippen molar-refractivity contribution in [1.29, 1.82) is 0 Å². The van der Waals surface area contributed by atoms with E-state index < -0.39 is 134 Å². The summed E-state index contributed by atoms with van der Waals surface area (Å²) in [4.78, 5) is 47.3. The van der Waals surface area contributed by atoms with Crippen LogP contribution < -0.4 is 30.7 Å². The van der Waals surface area contributed by atoms with E-state index in [1.807, 2.05) is 5.32 Å². The Morgan fingerprint density at radius 3 is 1.48 bits per heavy atom. The molecule has 4 rings (SSSR count). The number of anilines is 2. The van der Waals surface area contributed by atoms with E-state index in [1.54, 1.807) is 10.6 Å². The first-order valence-electron chi connectivity index (χ1n) is 16.1. The van der Waals surface area contributed by atoms with E-state index in [9.17, 15) is 93.8 Å². The lowest BCUT2D eigenvalue weighted by Crippen LogP contribution is -2.45. The molecule has 2 atom stereocenters. The van der Waals surface area contributed by atoms with Gasteiger partial charge in [0.25, 0.3) is 18.0 Å². The van der Waals surface area contributed by atoms with Gasteiger partial charge in [0.05, 0.1) is 15.7 Å². The first kappa shape index (κ1) is 53.3. The van der Waals surface area contributed by atoms with Crippen LogP contribution in [-0.2, 0) is 4.74 Å². The summed E-state index contributed by atoms with van der Waals surface area (Å²) in [7, 11) is 0. The summed E-state index contributed by atoms with van der Waals surface area (Å²) < 4.78 is 230. The van der Waals surface area contributed by atoms with E-state index in [4.69, 9.17) is 34.8 Å². The molecule has 354 valence electrons. The number of urea groups is 2. The number of carbonyl (C=O) groups is 4.